The van der Waals surface area contributed by atoms with Crippen LogP contribution in [0.2, 0.25) is 0 Å². The van der Waals surface area contributed by atoms with Gasteiger partial charge in [0.2, 0.25) is 0 Å². The highest BCUT2D eigenvalue weighted by Gasteiger charge is 2.19. The molecule has 0 heterocycles. The van der Waals surface area contributed by atoms with Gasteiger partial charge in [-0.05, 0) is 24.4 Å². The molecule has 0 aliphatic heterocycles. The van der Waals surface area contributed by atoms with Gasteiger partial charge in [0.15, 0.2) is 0 Å². The molecule has 106 valence electrons. The van der Waals surface area contributed by atoms with Crippen molar-refractivity contribution in [3.05, 3.63) is 29.8 Å². The quantitative estimate of drug-likeness (QED) is 0.676. The molecule has 1 unspecified atom stereocenters. The minimum atomic E-state index is -1.42. The molecule has 0 bridgehead atoms. The summed E-state index contributed by atoms with van der Waals surface area (Å²) in [7, 11) is 0.276. The van der Waals surface area contributed by atoms with Gasteiger partial charge >= 0.3 is 7.12 Å². The molecule has 0 saturated heterocycles. The Kier molecular flexibility index (Phi) is 7.09. The maximum atomic E-state index is 9.40. The fraction of sp³-hybridized carbons (Fsp3) is 0.571. The predicted molar refractivity (Wildman–Crippen MR) is 78.3 cm³/mol. The van der Waals surface area contributed by atoms with E-state index in [1.807, 2.05) is 18.2 Å². The smallest absolute Gasteiger partial charge is 0.423 e. The van der Waals surface area contributed by atoms with Crippen molar-refractivity contribution in [2.45, 2.75) is 32.9 Å². The van der Waals surface area contributed by atoms with E-state index >= 15 is 0 Å². The van der Waals surface area contributed by atoms with Crippen LogP contribution < -0.4 is 5.46 Å². The van der Waals surface area contributed by atoms with Gasteiger partial charge in [0.05, 0.1) is 6.61 Å². The molecule has 0 aromatic heterocycles. The first-order valence-electron chi connectivity index (χ1n) is 6.77. The van der Waals surface area contributed by atoms with Crippen LogP contribution in [0.1, 0.15) is 25.8 Å². The first-order valence-corrected chi connectivity index (χ1v) is 6.77. The van der Waals surface area contributed by atoms with Crippen molar-refractivity contribution in [2.24, 2.45) is 0 Å². The Morgan fingerprint density at radius 1 is 1.32 bits per heavy atom. The second-order valence-electron chi connectivity index (χ2n) is 4.79. The van der Waals surface area contributed by atoms with Gasteiger partial charge in [0.1, 0.15) is 0 Å². The lowest BCUT2D eigenvalue weighted by molar-refractivity contribution is 0.118. The van der Waals surface area contributed by atoms with Crippen LogP contribution in [-0.2, 0) is 11.3 Å². The highest BCUT2D eigenvalue weighted by molar-refractivity contribution is 6.59. The molecular weight excluding hydrogens is 241 g/mol. The molecule has 0 amide bonds. The lowest BCUT2D eigenvalue weighted by atomic mass is 9.77. The van der Waals surface area contributed by atoms with Crippen LogP contribution in [0.25, 0.3) is 0 Å². The molecule has 2 N–H and O–H groups in total. The number of hydrogen-bond acceptors (Lipinski definition) is 4. The second-order valence-corrected chi connectivity index (χ2v) is 4.79. The topological polar surface area (TPSA) is 52.9 Å². The number of rotatable bonds is 8. The van der Waals surface area contributed by atoms with Crippen molar-refractivity contribution < 1.29 is 14.8 Å². The predicted octanol–water partition coefficient (Wildman–Crippen LogP) is 0.613. The van der Waals surface area contributed by atoms with Gasteiger partial charge in [-0.25, -0.2) is 0 Å². The van der Waals surface area contributed by atoms with E-state index in [2.05, 4.69) is 18.7 Å². The van der Waals surface area contributed by atoms with Crippen molar-refractivity contribution in [2.75, 3.05) is 20.3 Å². The summed E-state index contributed by atoms with van der Waals surface area (Å²) in [5, 5.41) is 18.8. The molecule has 1 aromatic carbocycles. The summed E-state index contributed by atoms with van der Waals surface area (Å²) in [5.74, 6) is 0. The van der Waals surface area contributed by atoms with Crippen LogP contribution >= 0.6 is 0 Å². The maximum absolute atomic E-state index is 9.40. The van der Waals surface area contributed by atoms with Crippen LogP contribution in [0, 0.1) is 0 Å². The number of benzene rings is 1. The molecule has 0 spiro atoms. The Labute approximate surface area is 116 Å². The molecule has 1 aromatic rings. The normalized spacial score (nSPS) is 12.7. The Balaban J connectivity index is 2.83. The summed E-state index contributed by atoms with van der Waals surface area (Å²) in [6, 6.07) is 7.87. The molecule has 5 heteroatoms. The van der Waals surface area contributed by atoms with Crippen molar-refractivity contribution in [3.63, 3.8) is 0 Å². The van der Waals surface area contributed by atoms with Gasteiger partial charge in [-0.2, -0.15) is 0 Å². The van der Waals surface area contributed by atoms with Gasteiger partial charge in [-0.1, -0.05) is 31.2 Å². The molecule has 4 nitrogen and oxygen atoms in total. The van der Waals surface area contributed by atoms with E-state index < -0.39 is 7.12 Å². The van der Waals surface area contributed by atoms with Crippen LogP contribution in [-0.4, -0.2) is 48.4 Å². The van der Waals surface area contributed by atoms with Crippen molar-refractivity contribution in [3.8, 4) is 0 Å². The number of hydrogen-bond donors (Lipinski definition) is 2. The zero-order chi connectivity index (χ0) is 14.3. The summed E-state index contributed by atoms with van der Waals surface area (Å²) in [5.41, 5.74) is 1.53. The highest BCUT2D eigenvalue weighted by Crippen LogP contribution is 2.09. The molecule has 0 aliphatic rings. The molecule has 0 saturated carbocycles. The minimum absolute atomic E-state index is 0.430. The lowest BCUT2D eigenvalue weighted by Gasteiger charge is -2.29. The van der Waals surface area contributed by atoms with E-state index in [-0.39, 0.29) is 0 Å². The molecule has 19 heavy (non-hydrogen) atoms. The van der Waals surface area contributed by atoms with Gasteiger partial charge < -0.3 is 14.8 Å². The fourth-order valence-corrected chi connectivity index (χ4v) is 2.07. The van der Waals surface area contributed by atoms with Crippen molar-refractivity contribution in [1.29, 1.82) is 0 Å². The van der Waals surface area contributed by atoms with Gasteiger partial charge in [-0.3, -0.25) is 4.90 Å². The Hall–Kier alpha value is -0.875. The SMILES string of the molecule is CCC(C)N(CCOC)Cc1ccccc1B(O)O. The zero-order valence-corrected chi connectivity index (χ0v) is 12.0. The minimum Gasteiger partial charge on any atom is -0.423 e. The Morgan fingerprint density at radius 3 is 2.58 bits per heavy atom. The van der Waals surface area contributed by atoms with Crippen LogP contribution in [0.15, 0.2) is 24.3 Å². The van der Waals surface area contributed by atoms with E-state index in [1.165, 1.54) is 0 Å². The summed E-state index contributed by atoms with van der Waals surface area (Å²) >= 11 is 0. The van der Waals surface area contributed by atoms with E-state index in [0.717, 1.165) is 18.5 Å². The third-order valence-corrected chi connectivity index (χ3v) is 3.50. The van der Waals surface area contributed by atoms with Crippen molar-refractivity contribution in [1.82, 2.24) is 4.90 Å². The summed E-state index contributed by atoms with van der Waals surface area (Å²) in [4.78, 5) is 2.30. The first kappa shape index (κ1) is 16.2. The molecule has 0 aliphatic carbocycles. The van der Waals surface area contributed by atoms with Gasteiger partial charge in [0, 0.05) is 26.2 Å². The van der Waals surface area contributed by atoms with Gasteiger partial charge in [0.25, 0.3) is 0 Å². The average Bonchev–Trinajstić information content (AvgIpc) is 2.42. The monoisotopic (exact) mass is 265 g/mol. The average molecular weight is 265 g/mol. The molecule has 0 radical (unpaired) electrons. The van der Waals surface area contributed by atoms with E-state index in [0.29, 0.717) is 24.7 Å². The number of methoxy groups -OCH3 is 1. The highest BCUT2D eigenvalue weighted by atomic mass is 16.5. The van der Waals surface area contributed by atoms with Gasteiger partial charge in [-0.15, -0.1) is 0 Å². The summed E-state index contributed by atoms with van der Waals surface area (Å²) in [6.45, 7) is 6.53. The zero-order valence-electron chi connectivity index (χ0n) is 12.0. The summed E-state index contributed by atoms with van der Waals surface area (Å²) in [6.07, 6.45) is 1.05. The lowest BCUT2D eigenvalue weighted by Crippen LogP contribution is -2.39. The molecular formula is C14H24BNO3. The van der Waals surface area contributed by atoms with Crippen LogP contribution in [0.3, 0.4) is 0 Å². The number of ether oxygens (including phenoxy) is 1. The summed E-state index contributed by atoms with van der Waals surface area (Å²) < 4.78 is 5.14. The largest absolute Gasteiger partial charge is 0.488 e. The van der Waals surface area contributed by atoms with Crippen molar-refractivity contribution >= 4 is 12.6 Å². The van der Waals surface area contributed by atoms with E-state index in [4.69, 9.17) is 4.74 Å². The third kappa shape index (κ3) is 4.95. The third-order valence-electron chi connectivity index (χ3n) is 3.50. The fourth-order valence-electron chi connectivity index (χ4n) is 2.07. The Morgan fingerprint density at radius 2 is 2.00 bits per heavy atom. The molecule has 0 fully saturated rings. The Bertz CT molecular complexity index is 373. The van der Waals surface area contributed by atoms with Crippen LogP contribution in [0.5, 0.6) is 0 Å². The first-order chi connectivity index (χ1) is 9.10. The molecule has 1 rings (SSSR count). The molecule has 1 atom stereocenters. The standard InChI is InChI=1S/C14H24BNO3/c1-4-12(2)16(9-10-19-3)11-13-7-5-6-8-14(13)15(17)18/h5-8,12,17-18H,4,9-11H2,1-3H3. The van der Waals surface area contributed by atoms with Crippen LogP contribution in [0.4, 0.5) is 0 Å². The number of nitrogens with zero attached hydrogens (tertiary/aromatic N) is 1. The van der Waals surface area contributed by atoms with E-state index in [1.54, 1.807) is 13.2 Å². The second kappa shape index (κ2) is 8.33. The van der Waals surface area contributed by atoms with E-state index in [9.17, 15) is 10.0 Å². The maximum Gasteiger partial charge on any atom is 0.488 e.